The number of nitrogens with zero attached hydrogens (tertiary/aromatic N) is 3. The maximum atomic E-state index is 11.8. The largest absolute Gasteiger partial charge is 0.337 e. The van der Waals surface area contributed by atoms with Crippen molar-refractivity contribution in [1.29, 1.82) is 0 Å². The molecule has 0 aliphatic carbocycles. The summed E-state index contributed by atoms with van der Waals surface area (Å²) in [6.45, 7) is 8.68. The van der Waals surface area contributed by atoms with Crippen molar-refractivity contribution in [3.63, 3.8) is 0 Å². The van der Waals surface area contributed by atoms with Crippen LogP contribution in [0.1, 0.15) is 13.3 Å². The third-order valence-corrected chi connectivity index (χ3v) is 3.03. The number of likely N-dealkylation sites (N-methyl/N-ethyl adjacent to an activating group) is 1. The molecule has 1 N–H and O–H groups in total. The maximum absolute atomic E-state index is 11.8. The smallest absolute Gasteiger partial charge is 0.317 e. The summed E-state index contributed by atoms with van der Waals surface area (Å²) in [6, 6.07) is 0.0861. The van der Waals surface area contributed by atoms with E-state index in [1.807, 2.05) is 19.0 Å². The van der Waals surface area contributed by atoms with Crippen molar-refractivity contribution in [1.82, 2.24) is 20.0 Å². The second-order valence-electron chi connectivity index (χ2n) is 4.86. The van der Waals surface area contributed by atoms with E-state index >= 15 is 0 Å². The van der Waals surface area contributed by atoms with Gasteiger partial charge in [-0.15, -0.1) is 0 Å². The van der Waals surface area contributed by atoms with Gasteiger partial charge in [-0.05, 0) is 27.1 Å². The molecule has 0 bridgehead atoms. The van der Waals surface area contributed by atoms with Gasteiger partial charge in [0.05, 0.1) is 0 Å². The fourth-order valence-electron chi connectivity index (χ4n) is 1.99. The zero-order valence-corrected chi connectivity index (χ0v) is 11.4. The molecule has 1 saturated heterocycles. The van der Waals surface area contributed by atoms with Crippen molar-refractivity contribution in [3.05, 3.63) is 0 Å². The van der Waals surface area contributed by atoms with Crippen LogP contribution in [0.25, 0.3) is 0 Å². The van der Waals surface area contributed by atoms with E-state index < -0.39 is 0 Å². The van der Waals surface area contributed by atoms with Crippen molar-refractivity contribution in [3.8, 4) is 0 Å². The van der Waals surface area contributed by atoms with E-state index in [0.717, 1.165) is 45.8 Å². The van der Waals surface area contributed by atoms with Gasteiger partial charge in [-0.1, -0.05) is 6.92 Å². The van der Waals surface area contributed by atoms with Crippen LogP contribution in [-0.2, 0) is 0 Å². The quantitative estimate of drug-likeness (QED) is 0.753. The molecule has 0 radical (unpaired) electrons. The summed E-state index contributed by atoms with van der Waals surface area (Å²) in [6.07, 6.45) is 1.19. The van der Waals surface area contributed by atoms with Crippen molar-refractivity contribution in [2.75, 3.05) is 59.9 Å². The Balaban J connectivity index is 2.17. The van der Waals surface area contributed by atoms with Crippen LogP contribution in [0.15, 0.2) is 0 Å². The fourth-order valence-corrected chi connectivity index (χ4v) is 1.99. The number of urea groups is 1. The standard InChI is InChI=1S/C12H26N4O/c1-4-6-15-8-10-16(11-9-15)12(17)13-5-7-14(2)3/h4-11H2,1-3H3,(H,13,17). The van der Waals surface area contributed by atoms with E-state index in [4.69, 9.17) is 0 Å². The summed E-state index contributed by atoms with van der Waals surface area (Å²) in [5.74, 6) is 0. The van der Waals surface area contributed by atoms with E-state index in [2.05, 4.69) is 22.0 Å². The molecule has 1 rings (SSSR count). The molecule has 0 aromatic rings. The lowest BCUT2D eigenvalue weighted by Crippen LogP contribution is -2.52. The molecule has 5 nitrogen and oxygen atoms in total. The number of carbonyl (C=O) groups excluding carboxylic acids is 1. The maximum Gasteiger partial charge on any atom is 0.317 e. The number of rotatable bonds is 5. The summed E-state index contributed by atoms with van der Waals surface area (Å²) >= 11 is 0. The Bertz CT molecular complexity index is 225. The number of hydrogen-bond acceptors (Lipinski definition) is 3. The number of hydrogen-bond donors (Lipinski definition) is 1. The second-order valence-corrected chi connectivity index (χ2v) is 4.86. The highest BCUT2D eigenvalue weighted by Gasteiger charge is 2.19. The van der Waals surface area contributed by atoms with Crippen molar-refractivity contribution in [2.24, 2.45) is 0 Å². The molecule has 1 aliphatic heterocycles. The molecule has 0 aromatic carbocycles. The molecule has 100 valence electrons. The molecule has 1 fully saturated rings. The molecule has 1 aliphatic rings. The molecule has 5 heteroatoms. The van der Waals surface area contributed by atoms with Crippen LogP contribution in [0, 0.1) is 0 Å². The van der Waals surface area contributed by atoms with Crippen LogP contribution in [0.5, 0.6) is 0 Å². The van der Waals surface area contributed by atoms with Gasteiger partial charge in [-0.3, -0.25) is 4.90 Å². The molecule has 1 heterocycles. The van der Waals surface area contributed by atoms with Gasteiger partial charge >= 0.3 is 6.03 Å². The Morgan fingerprint density at radius 3 is 2.41 bits per heavy atom. The Kier molecular flexibility index (Phi) is 6.29. The number of amides is 2. The normalized spacial score (nSPS) is 17.5. The molecule has 0 spiro atoms. The molecule has 0 unspecified atom stereocenters. The van der Waals surface area contributed by atoms with Gasteiger partial charge in [-0.25, -0.2) is 4.79 Å². The molecule has 2 amide bonds. The first kappa shape index (κ1) is 14.3. The zero-order chi connectivity index (χ0) is 12.7. The first-order valence-electron chi connectivity index (χ1n) is 6.53. The van der Waals surface area contributed by atoms with Crippen molar-refractivity contribution in [2.45, 2.75) is 13.3 Å². The number of piperazine rings is 1. The predicted molar refractivity (Wildman–Crippen MR) is 70.3 cm³/mol. The molecule has 17 heavy (non-hydrogen) atoms. The van der Waals surface area contributed by atoms with Crippen LogP contribution < -0.4 is 5.32 Å². The molecule has 0 saturated carbocycles. The van der Waals surface area contributed by atoms with Crippen molar-refractivity contribution >= 4 is 6.03 Å². The molecular formula is C12H26N4O. The van der Waals surface area contributed by atoms with Crippen molar-refractivity contribution < 1.29 is 4.79 Å². The zero-order valence-electron chi connectivity index (χ0n) is 11.4. The lowest BCUT2D eigenvalue weighted by atomic mass is 10.3. The van der Waals surface area contributed by atoms with Crippen LogP contribution >= 0.6 is 0 Å². The first-order valence-corrected chi connectivity index (χ1v) is 6.53. The van der Waals surface area contributed by atoms with Crippen LogP contribution in [0.4, 0.5) is 4.79 Å². The summed E-state index contributed by atoms with van der Waals surface area (Å²) in [7, 11) is 4.02. The minimum atomic E-state index is 0.0861. The minimum absolute atomic E-state index is 0.0861. The monoisotopic (exact) mass is 242 g/mol. The minimum Gasteiger partial charge on any atom is -0.337 e. The summed E-state index contributed by atoms with van der Waals surface area (Å²) in [4.78, 5) is 18.2. The Morgan fingerprint density at radius 1 is 1.24 bits per heavy atom. The van der Waals surface area contributed by atoms with E-state index in [1.165, 1.54) is 6.42 Å². The van der Waals surface area contributed by atoms with E-state index in [-0.39, 0.29) is 6.03 Å². The SMILES string of the molecule is CCCN1CCN(C(=O)NCCN(C)C)CC1. The molecular weight excluding hydrogens is 216 g/mol. The van der Waals surface area contributed by atoms with Crippen LogP contribution in [0.3, 0.4) is 0 Å². The van der Waals surface area contributed by atoms with E-state index in [1.54, 1.807) is 0 Å². The lowest BCUT2D eigenvalue weighted by Gasteiger charge is -2.34. The molecule has 0 atom stereocenters. The Morgan fingerprint density at radius 2 is 1.88 bits per heavy atom. The number of carbonyl (C=O) groups is 1. The Hall–Kier alpha value is -0.810. The van der Waals surface area contributed by atoms with Crippen LogP contribution in [0.2, 0.25) is 0 Å². The van der Waals surface area contributed by atoms with Gasteiger partial charge < -0.3 is 15.1 Å². The highest BCUT2D eigenvalue weighted by atomic mass is 16.2. The number of nitrogens with one attached hydrogen (secondary N) is 1. The average molecular weight is 242 g/mol. The lowest BCUT2D eigenvalue weighted by molar-refractivity contribution is 0.139. The van der Waals surface area contributed by atoms with Gasteiger partial charge in [0.15, 0.2) is 0 Å². The third kappa shape index (κ3) is 5.37. The highest BCUT2D eigenvalue weighted by molar-refractivity contribution is 5.74. The van der Waals surface area contributed by atoms with Gasteiger partial charge in [0, 0.05) is 39.3 Å². The fraction of sp³-hybridized carbons (Fsp3) is 0.917. The summed E-state index contributed by atoms with van der Waals surface area (Å²) in [5, 5.41) is 2.96. The van der Waals surface area contributed by atoms with Gasteiger partial charge in [-0.2, -0.15) is 0 Å². The average Bonchev–Trinajstić information content (AvgIpc) is 2.30. The Labute approximate surface area is 105 Å². The van der Waals surface area contributed by atoms with E-state index in [9.17, 15) is 4.79 Å². The first-order chi connectivity index (χ1) is 8.13. The van der Waals surface area contributed by atoms with Gasteiger partial charge in [0.2, 0.25) is 0 Å². The topological polar surface area (TPSA) is 38.8 Å². The van der Waals surface area contributed by atoms with Crippen LogP contribution in [-0.4, -0.2) is 80.6 Å². The third-order valence-electron chi connectivity index (χ3n) is 3.03. The van der Waals surface area contributed by atoms with Gasteiger partial charge in [0.1, 0.15) is 0 Å². The highest BCUT2D eigenvalue weighted by Crippen LogP contribution is 2.02. The van der Waals surface area contributed by atoms with E-state index in [0.29, 0.717) is 0 Å². The predicted octanol–water partition coefficient (Wildman–Crippen LogP) is 0.285. The molecule has 0 aromatic heterocycles. The summed E-state index contributed by atoms with van der Waals surface area (Å²) < 4.78 is 0. The van der Waals surface area contributed by atoms with Gasteiger partial charge in [0.25, 0.3) is 0 Å². The second kappa shape index (κ2) is 7.50. The summed E-state index contributed by atoms with van der Waals surface area (Å²) in [5.41, 5.74) is 0.